The fourth-order valence-corrected chi connectivity index (χ4v) is 2.65. The van der Waals surface area contributed by atoms with Gasteiger partial charge in [0.25, 0.3) is 5.91 Å². The van der Waals surface area contributed by atoms with Crippen LogP contribution in [0.4, 0.5) is 8.78 Å². The van der Waals surface area contributed by atoms with Crippen molar-refractivity contribution in [3.63, 3.8) is 0 Å². The number of aromatic nitrogens is 2. The van der Waals surface area contributed by atoms with Crippen molar-refractivity contribution in [3.8, 4) is 0 Å². The summed E-state index contributed by atoms with van der Waals surface area (Å²) >= 11 is 0. The molecule has 0 saturated carbocycles. The van der Waals surface area contributed by atoms with Crippen LogP contribution in [0.1, 0.15) is 28.3 Å². The number of rotatable bonds is 4. The number of alkyl halides is 2. The Morgan fingerprint density at radius 2 is 2.21 bits per heavy atom. The van der Waals surface area contributed by atoms with Crippen molar-refractivity contribution < 1.29 is 23.1 Å². The highest BCUT2D eigenvalue weighted by atomic mass is 19.3. The topological polar surface area (TPSA) is 64.4 Å². The minimum absolute atomic E-state index is 0.0587. The smallest absolute Gasteiger partial charge is 0.339 e. The highest BCUT2D eigenvalue weighted by Crippen LogP contribution is 2.22. The molecule has 126 valence electrons. The predicted molar refractivity (Wildman–Crippen MR) is 79.3 cm³/mol. The van der Waals surface area contributed by atoms with Gasteiger partial charge in [-0.05, 0) is 11.6 Å². The molecule has 3 rings (SSSR count). The highest BCUT2D eigenvalue weighted by molar-refractivity contribution is 5.95. The molecule has 1 aromatic carbocycles. The van der Waals surface area contributed by atoms with Crippen LogP contribution in [-0.2, 0) is 22.5 Å². The van der Waals surface area contributed by atoms with Gasteiger partial charge in [0.1, 0.15) is 5.82 Å². The van der Waals surface area contributed by atoms with Gasteiger partial charge in [0.05, 0.1) is 12.1 Å². The lowest BCUT2D eigenvalue weighted by Gasteiger charge is -2.27. The Bertz CT molecular complexity index is 775. The molecule has 0 fully saturated rings. The number of imidazole rings is 1. The van der Waals surface area contributed by atoms with Gasteiger partial charge >= 0.3 is 12.5 Å². The van der Waals surface area contributed by atoms with Gasteiger partial charge in [0.15, 0.2) is 6.10 Å². The molecule has 24 heavy (non-hydrogen) atoms. The van der Waals surface area contributed by atoms with Crippen LogP contribution in [0.5, 0.6) is 0 Å². The van der Waals surface area contributed by atoms with Gasteiger partial charge in [-0.3, -0.25) is 9.36 Å². The SMILES string of the molecule is CN(Cc1nccn1C(F)F)C(=O)C1Cc2ccccc2C(=O)O1. The van der Waals surface area contributed by atoms with Crippen LogP contribution < -0.4 is 0 Å². The molecule has 1 unspecified atom stereocenters. The van der Waals surface area contributed by atoms with E-state index in [1.54, 1.807) is 24.3 Å². The third kappa shape index (κ3) is 2.99. The van der Waals surface area contributed by atoms with Crippen LogP contribution in [-0.4, -0.2) is 39.5 Å². The maximum absolute atomic E-state index is 12.8. The van der Waals surface area contributed by atoms with E-state index >= 15 is 0 Å². The largest absolute Gasteiger partial charge is 0.448 e. The fourth-order valence-electron chi connectivity index (χ4n) is 2.65. The lowest BCUT2D eigenvalue weighted by molar-refractivity contribution is -0.140. The van der Waals surface area contributed by atoms with Gasteiger partial charge < -0.3 is 9.64 Å². The number of cyclic esters (lactones) is 1. The number of amides is 1. The van der Waals surface area contributed by atoms with Gasteiger partial charge in [-0.2, -0.15) is 8.78 Å². The van der Waals surface area contributed by atoms with E-state index in [4.69, 9.17) is 4.74 Å². The van der Waals surface area contributed by atoms with Gasteiger partial charge in [-0.15, -0.1) is 0 Å². The molecule has 0 spiro atoms. The number of hydrogen-bond donors (Lipinski definition) is 0. The monoisotopic (exact) mass is 335 g/mol. The molecule has 0 saturated heterocycles. The average molecular weight is 335 g/mol. The van der Waals surface area contributed by atoms with Gasteiger partial charge in [0, 0.05) is 25.9 Å². The average Bonchev–Trinajstić information content (AvgIpc) is 3.02. The van der Waals surface area contributed by atoms with E-state index in [1.165, 1.54) is 18.1 Å². The van der Waals surface area contributed by atoms with Crippen molar-refractivity contribution in [1.29, 1.82) is 0 Å². The molecule has 1 aliphatic heterocycles. The van der Waals surface area contributed by atoms with Crippen molar-refractivity contribution in [2.75, 3.05) is 7.05 Å². The first-order valence-corrected chi connectivity index (χ1v) is 7.31. The minimum atomic E-state index is -2.73. The maximum Gasteiger partial charge on any atom is 0.339 e. The van der Waals surface area contributed by atoms with E-state index in [1.807, 2.05) is 0 Å². The van der Waals surface area contributed by atoms with Crippen LogP contribution >= 0.6 is 0 Å². The molecule has 0 bridgehead atoms. The molecule has 6 nitrogen and oxygen atoms in total. The summed E-state index contributed by atoms with van der Waals surface area (Å²) in [5, 5.41) is 0. The molecule has 8 heteroatoms. The molecule has 1 atom stereocenters. The third-order valence-corrected chi connectivity index (χ3v) is 3.88. The molecular weight excluding hydrogens is 320 g/mol. The van der Waals surface area contributed by atoms with Crippen LogP contribution in [0.2, 0.25) is 0 Å². The van der Waals surface area contributed by atoms with E-state index in [0.717, 1.165) is 11.8 Å². The van der Waals surface area contributed by atoms with Crippen molar-refractivity contribution in [2.45, 2.75) is 25.6 Å². The number of likely N-dealkylation sites (N-methyl/N-ethyl adjacent to an activating group) is 1. The molecule has 0 aliphatic carbocycles. The number of fused-ring (bicyclic) bond motifs is 1. The summed E-state index contributed by atoms with van der Waals surface area (Å²) in [5.41, 5.74) is 1.17. The predicted octanol–water partition coefficient (Wildman–Crippen LogP) is 2.02. The Morgan fingerprint density at radius 3 is 2.96 bits per heavy atom. The zero-order valence-corrected chi connectivity index (χ0v) is 12.9. The molecule has 2 aromatic rings. The highest BCUT2D eigenvalue weighted by Gasteiger charge is 2.33. The Morgan fingerprint density at radius 1 is 1.46 bits per heavy atom. The zero-order chi connectivity index (χ0) is 17.3. The van der Waals surface area contributed by atoms with Gasteiger partial charge in [-0.1, -0.05) is 18.2 Å². The summed E-state index contributed by atoms with van der Waals surface area (Å²) in [5.74, 6) is -0.956. The molecule has 1 aliphatic rings. The van der Waals surface area contributed by atoms with Crippen LogP contribution in [0.25, 0.3) is 0 Å². The molecule has 0 radical (unpaired) electrons. The van der Waals surface area contributed by atoms with Crippen LogP contribution in [0, 0.1) is 0 Å². The Hall–Kier alpha value is -2.77. The summed E-state index contributed by atoms with van der Waals surface area (Å²) in [6, 6.07) is 6.90. The summed E-state index contributed by atoms with van der Waals surface area (Å²) in [4.78, 5) is 29.5. The van der Waals surface area contributed by atoms with E-state index < -0.39 is 24.5 Å². The van der Waals surface area contributed by atoms with Crippen molar-refractivity contribution in [3.05, 3.63) is 53.6 Å². The zero-order valence-electron chi connectivity index (χ0n) is 12.9. The minimum Gasteiger partial charge on any atom is -0.448 e. The van der Waals surface area contributed by atoms with Crippen molar-refractivity contribution >= 4 is 11.9 Å². The number of carbonyl (C=O) groups is 2. The summed E-state index contributed by atoms with van der Waals surface area (Å²) < 4.78 is 31.5. The second-order valence-electron chi connectivity index (χ2n) is 5.48. The van der Waals surface area contributed by atoms with E-state index in [-0.39, 0.29) is 18.8 Å². The maximum atomic E-state index is 12.8. The Balaban J connectivity index is 1.73. The second-order valence-corrected chi connectivity index (χ2v) is 5.48. The first kappa shape index (κ1) is 16.1. The van der Waals surface area contributed by atoms with E-state index in [2.05, 4.69) is 4.98 Å². The summed E-state index contributed by atoms with van der Waals surface area (Å²) in [7, 11) is 1.46. The van der Waals surface area contributed by atoms with E-state index in [0.29, 0.717) is 10.1 Å². The van der Waals surface area contributed by atoms with Gasteiger partial charge in [-0.25, -0.2) is 9.78 Å². The summed E-state index contributed by atoms with van der Waals surface area (Å²) in [6.07, 6.45) is 1.69. The number of carbonyl (C=O) groups excluding carboxylic acids is 2. The number of ether oxygens (including phenoxy) is 1. The third-order valence-electron chi connectivity index (χ3n) is 3.88. The molecule has 1 aromatic heterocycles. The first-order valence-electron chi connectivity index (χ1n) is 7.31. The second kappa shape index (κ2) is 6.38. The number of hydrogen-bond acceptors (Lipinski definition) is 4. The quantitative estimate of drug-likeness (QED) is 0.802. The number of nitrogens with zero attached hydrogens (tertiary/aromatic N) is 3. The Labute approximate surface area is 136 Å². The fraction of sp³-hybridized carbons (Fsp3) is 0.312. The normalized spacial score (nSPS) is 16.7. The van der Waals surface area contributed by atoms with Gasteiger partial charge in [0.2, 0.25) is 0 Å². The molecule has 1 amide bonds. The number of halogens is 2. The van der Waals surface area contributed by atoms with Crippen molar-refractivity contribution in [1.82, 2.24) is 14.5 Å². The molecule has 0 N–H and O–H groups in total. The van der Waals surface area contributed by atoms with Crippen LogP contribution in [0.3, 0.4) is 0 Å². The lowest BCUT2D eigenvalue weighted by Crippen LogP contribution is -2.42. The molecular formula is C16H15F2N3O3. The summed E-state index contributed by atoms with van der Waals surface area (Å²) in [6.45, 7) is -2.84. The molecule has 2 heterocycles. The standard InChI is InChI=1S/C16H15F2N3O3/c1-20(9-13-19-6-7-21(13)16(17)18)14(22)12-8-10-4-2-3-5-11(10)15(23)24-12/h2-7,12,16H,8-9H2,1H3. The number of benzene rings is 1. The van der Waals surface area contributed by atoms with Crippen molar-refractivity contribution in [2.24, 2.45) is 0 Å². The van der Waals surface area contributed by atoms with E-state index in [9.17, 15) is 18.4 Å². The van der Waals surface area contributed by atoms with Crippen LogP contribution in [0.15, 0.2) is 36.7 Å². The number of esters is 1. The first-order chi connectivity index (χ1) is 11.5. The Kier molecular flexibility index (Phi) is 4.28. The lowest BCUT2D eigenvalue weighted by atomic mass is 9.98.